The summed E-state index contributed by atoms with van der Waals surface area (Å²) in [5, 5.41) is 0. The lowest BCUT2D eigenvalue weighted by Crippen LogP contribution is -2.37. The molecule has 1 heterocycles. The number of rotatable bonds is 5. The van der Waals surface area contributed by atoms with Crippen LogP contribution in [-0.2, 0) is 14.4 Å². The Morgan fingerprint density at radius 2 is 1.32 bits per heavy atom. The Morgan fingerprint density at radius 1 is 0.857 bits per heavy atom. The normalized spacial score (nSPS) is 21.7. The summed E-state index contributed by atoms with van der Waals surface area (Å²) < 4.78 is 66.3. The Labute approximate surface area is 156 Å². The average molecular weight is 405 g/mol. The van der Waals surface area contributed by atoms with Crippen LogP contribution in [0.25, 0.3) is 0 Å². The van der Waals surface area contributed by atoms with Gasteiger partial charge in [0.2, 0.25) is 23.5 Å². The van der Waals surface area contributed by atoms with Gasteiger partial charge in [0.25, 0.3) is 0 Å². The van der Waals surface area contributed by atoms with E-state index in [9.17, 15) is 36.3 Å². The van der Waals surface area contributed by atoms with Crippen molar-refractivity contribution in [3.8, 4) is 0 Å². The molecule has 11 heteroatoms. The molecule has 1 saturated heterocycles. The van der Waals surface area contributed by atoms with E-state index in [0.29, 0.717) is 12.8 Å². The number of hydrogen-bond donors (Lipinski definition) is 2. The molecule has 1 aromatic rings. The van der Waals surface area contributed by atoms with Gasteiger partial charge in [-0.3, -0.25) is 30.1 Å². The first-order valence-electron chi connectivity index (χ1n) is 8.65. The fourth-order valence-corrected chi connectivity index (χ4v) is 3.57. The summed E-state index contributed by atoms with van der Waals surface area (Å²) >= 11 is 0. The number of imide groups is 1. The van der Waals surface area contributed by atoms with Gasteiger partial charge >= 0.3 is 0 Å². The number of carbonyl (C=O) groups is 3. The van der Waals surface area contributed by atoms with Crippen LogP contribution in [-0.4, -0.2) is 29.2 Å². The van der Waals surface area contributed by atoms with Crippen LogP contribution in [0, 0.1) is 40.9 Å². The molecule has 1 aliphatic carbocycles. The summed E-state index contributed by atoms with van der Waals surface area (Å²) in [6, 6.07) is 0. The number of amides is 3. The van der Waals surface area contributed by atoms with Gasteiger partial charge in [-0.15, -0.1) is 0 Å². The zero-order chi connectivity index (χ0) is 20.6. The molecule has 0 bridgehead atoms. The lowest BCUT2D eigenvalue weighted by atomic mass is 9.81. The van der Waals surface area contributed by atoms with Gasteiger partial charge in [0, 0.05) is 13.0 Å². The van der Waals surface area contributed by atoms with Crippen molar-refractivity contribution in [2.75, 3.05) is 12.0 Å². The summed E-state index contributed by atoms with van der Waals surface area (Å²) in [6.07, 6.45) is 2.51. The quantitative estimate of drug-likeness (QED) is 0.259. The molecule has 2 atom stereocenters. The Balaban J connectivity index is 1.59. The maximum Gasteiger partial charge on any atom is 0.240 e. The van der Waals surface area contributed by atoms with E-state index in [2.05, 4.69) is 0 Å². The highest BCUT2D eigenvalue weighted by atomic mass is 19.2. The number of halogens is 5. The molecule has 0 radical (unpaired) electrons. The number of hydrogen-bond acceptors (Lipinski definition) is 4. The van der Waals surface area contributed by atoms with Crippen molar-refractivity contribution >= 4 is 23.4 Å². The van der Waals surface area contributed by atoms with E-state index in [1.165, 1.54) is 0 Å². The molecule has 152 valence electrons. The summed E-state index contributed by atoms with van der Waals surface area (Å²) in [5.41, 5.74) is 2.04. The molecule has 28 heavy (non-hydrogen) atoms. The van der Waals surface area contributed by atoms with Crippen LogP contribution >= 0.6 is 0 Å². The molecule has 0 unspecified atom stereocenters. The standard InChI is InChI=1S/C17H16F5N3O3/c18-10-11(19)13(21)15(14(22)12(10)20)24-23-9(26)5-6-25-16(27)7-3-1-2-4-8(7)17(25)28/h7-8,24H,1-6H2,(H,23,26)/t7-,8+. The minimum Gasteiger partial charge on any atom is -0.293 e. The van der Waals surface area contributed by atoms with Crippen LogP contribution in [0.15, 0.2) is 0 Å². The van der Waals surface area contributed by atoms with Crippen molar-refractivity contribution < 1.29 is 36.3 Å². The van der Waals surface area contributed by atoms with E-state index in [4.69, 9.17) is 0 Å². The second-order valence-corrected chi connectivity index (χ2v) is 6.69. The maximum absolute atomic E-state index is 13.5. The smallest absolute Gasteiger partial charge is 0.240 e. The van der Waals surface area contributed by atoms with E-state index in [1.54, 1.807) is 10.9 Å². The number of fused-ring (bicyclic) bond motifs is 1. The zero-order valence-corrected chi connectivity index (χ0v) is 14.5. The zero-order valence-electron chi connectivity index (χ0n) is 14.5. The molecule has 2 N–H and O–H groups in total. The predicted molar refractivity (Wildman–Crippen MR) is 84.8 cm³/mol. The van der Waals surface area contributed by atoms with Gasteiger partial charge in [-0.2, -0.15) is 0 Å². The highest BCUT2D eigenvalue weighted by Gasteiger charge is 2.47. The van der Waals surface area contributed by atoms with Crippen LogP contribution in [0.5, 0.6) is 0 Å². The molecule has 2 fully saturated rings. The van der Waals surface area contributed by atoms with Crippen LogP contribution in [0.2, 0.25) is 0 Å². The van der Waals surface area contributed by atoms with Crippen molar-refractivity contribution in [3.05, 3.63) is 29.1 Å². The number of nitrogens with zero attached hydrogens (tertiary/aromatic N) is 1. The highest BCUT2D eigenvalue weighted by Crippen LogP contribution is 2.38. The molecular weight excluding hydrogens is 389 g/mol. The molecule has 1 aliphatic heterocycles. The van der Waals surface area contributed by atoms with Crippen LogP contribution in [0.1, 0.15) is 32.1 Å². The van der Waals surface area contributed by atoms with E-state index >= 15 is 0 Å². The largest absolute Gasteiger partial charge is 0.293 e. The predicted octanol–water partition coefficient (Wildman–Crippen LogP) is 2.39. The first kappa shape index (κ1) is 20.0. The number of nitrogens with one attached hydrogen (secondary N) is 2. The number of carbonyl (C=O) groups excluding carboxylic acids is 3. The maximum atomic E-state index is 13.5. The number of anilines is 1. The summed E-state index contributed by atoms with van der Waals surface area (Å²) in [5.74, 6) is -13.3. The van der Waals surface area contributed by atoms with Gasteiger partial charge in [0.15, 0.2) is 23.3 Å². The second-order valence-electron chi connectivity index (χ2n) is 6.69. The topological polar surface area (TPSA) is 78.5 Å². The number of likely N-dealkylation sites (tertiary alicyclic amines) is 1. The van der Waals surface area contributed by atoms with Gasteiger partial charge < -0.3 is 0 Å². The monoisotopic (exact) mass is 405 g/mol. The molecule has 0 aromatic heterocycles. The van der Waals surface area contributed by atoms with Crippen LogP contribution in [0.4, 0.5) is 27.6 Å². The Bertz CT molecular complexity index is 795. The van der Waals surface area contributed by atoms with Crippen molar-refractivity contribution in [3.63, 3.8) is 0 Å². The van der Waals surface area contributed by atoms with E-state index < -0.39 is 47.1 Å². The van der Waals surface area contributed by atoms with Gasteiger partial charge in [-0.1, -0.05) is 12.8 Å². The van der Waals surface area contributed by atoms with Crippen molar-refractivity contribution in [1.29, 1.82) is 0 Å². The third-order valence-corrected chi connectivity index (χ3v) is 5.03. The fraction of sp³-hybridized carbons (Fsp3) is 0.471. The molecule has 1 aromatic carbocycles. The first-order chi connectivity index (χ1) is 13.2. The molecule has 6 nitrogen and oxygen atoms in total. The lowest BCUT2D eigenvalue weighted by Gasteiger charge is -2.19. The summed E-state index contributed by atoms with van der Waals surface area (Å²) in [6.45, 7) is -0.241. The summed E-state index contributed by atoms with van der Waals surface area (Å²) in [7, 11) is 0. The van der Waals surface area contributed by atoms with E-state index in [-0.39, 0.29) is 30.2 Å². The number of hydrazine groups is 1. The first-order valence-corrected chi connectivity index (χ1v) is 8.65. The number of benzene rings is 1. The molecule has 1 saturated carbocycles. The average Bonchev–Trinajstić information content (AvgIpc) is 2.93. The van der Waals surface area contributed by atoms with Gasteiger partial charge in [0.1, 0.15) is 5.69 Å². The highest BCUT2D eigenvalue weighted by molar-refractivity contribution is 6.05. The SMILES string of the molecule is O=C(CCN1C(=O)[C@H]2CCCC[C@H]2C1=O)NNc1c(F)c(F)c(F)c(F)c1F. The Hall–Kier alpha value is -2.72. The second kappa shape index (κ2) is 7.72. The third-order valence-electron chi connectivity index (χ3n) is 5.03. The Kier molecular flexibility index (Phi) is 5.52. The van der Waals surface area contributed by atoms with E-state index in [1.807, 2.05) is 0 Å². The third kappa shape index (κ3) is 3.40. The fourth-order valence-electron chi connectivity index (χ4n) is 3.57. The minimum absolute atomic E-state index is 0.241. The molecule has 3 rings (SSSR count). The van der Waals surface area contributed by atoms with Crippen molar-refractivity contribution in [2.45, 2.75) is 32.1 Å². The molecule has 0 spiro atoms. The van der Waals surface area contributed by atoms with Gasteiger partial charge in [-0.25, -0.2) is 22.0 Å². The van der Waals surface area contributed by atoms with Gasteiger partial charge in [0.05, 0.1) is 11.8 Å². The molecule has 3 amide bonds. The molecular formula is C17H16F5N3O3. The summed E-state index contributed by atoms with van der Waals surface area (Å²) in [4.78, 5) is 37.4. The molecule has 2 aliphatic rings. The van der Waals surface area contributed by atoms with Crippen molar-refractivity contribution in [2.24, 2.45) is 11.8 Å². The van der Waals surface area contributed by atoms with Crippen LogP contribution < -0.4 is 10.9 Å². The Morgan fingerprint density at radius 3 is 1.82 bits per heavy atom. The van der Waals surface area contributed by atoms with Gasteiger partial charge in [-0.05, 0) is 12.8 Å². The van der Waals surface area contributed by atoms with Crippen LogP contribution in [0.3, 0.4) is 0 Å². The minimum atomic E-state index is -2.32. The van der Waals surface area contributed by atoms with Crippen molar-refractivity contribution in [1.82, 2.24) is 10.3 Å². The lowest BCUT2D eigenvalue weighted by molar-refractivity contribution is -0.140. The van der Waals surface area contributed by atoms with E-state index in [0.717, 1.165) is 17.7 Å².